The molecule has 3 aromatic carbocycles. The summed E-state index contributed by atoms with van der Waals surface area (Å²) in [7, 11) is 0. The molecule has 1 N–H and O–H groups in total. The zero-order valence-corrected chi connectivity index (χ0v) is 22.6. The second-order valence-corrected chi connectivity index (χ2v) is 10.6. The Morgan fingerprint density at radius 3 is 2.30 bits per heavy atom. The van der Waals surface area contributed by atoms with Crippen molar-refractivity contribution in [2.75, 3.05) is 0 Å². The molecule has 0 unspecified atom stereocenters. The summed E-state index contributed by atoms with van der Waals surface area (Å²) in [6, 6.07) is 24.5. The van der Waals surface area contributed by atoms with E-state index in [0.717, 1.165) is 42.4 Å². The van der Waals surface area contributed by atoms with Gasteiger partial charge in [0.2, 0.25) is 11.8 Å². The average molecular weight is 538 g/mol. The third kappa shape index (κ3) is 8.08. The van der Waals surface area contributed by atoms with E-state index < -0.39 is 6.04 Å². The van der Waals surface area contributed by atoms with E-state index in [0.29, 0.717) is 29.4 Å². The molecule has 1 aliphatic carbocycles. The van der Waals surface area contributed by atoms with E-state index in [9.17, 15) is 9.59 Å². The van der Waals surface area contributed by atoms with Crippen molar-refractivity contribution in [3.05, 3.63) is 106 Å². The number of aryl methyl sites for hydroxylation is 1. The van der Waals surface area contributed by atoms with Crippen molar-refractivity contribution in [2.24, 2.45) is 0 Å². The third-order valence-electron chi connectivity index (χ3n) is 7.03. The van der Waals surface area contributed by atoms with Gasteiger partial charge in [0.1, 0.15) is 6.04 Å². The van der Waals surface area contributed by atoms with Gasteiger partial charge in [-0.1, -0.05) is 103 Å². The Labute approximate surface area is 230 Å². The first-order chi connectivity index (χ1) is 18.0. The fraction of sp³-hybridized carbons (Fsp3) is 0.355. The molecule has 194 valence electrons. The lowest BCUT2D eigenvalue weighted by atomic mass is 9.94. The Kier molecular flexibility index (Phi) is 10.0. The highest BCUT2D eigenvalue weighted by Crippen LogP contribution is 2.22. The number of carbonyl (C=O) groups excluding carboxylic acids is 2. The van der Waals surface area contributed by atoms with Gasteiger partial charge < -0.3 is 10.2 Å². The fourth-order valence-corrected chi connectivity index (χ4v) is 5.46. The minimum absolute atomic E-state index is 0.0837. The molecule has 0 spiro atoms. The van der Waals surface area contributed by atoms with Crippen LogP contribution in [0.1, 0.15) is 55.2 Å². The average Bonchev–Trinajstić information content (AvgIpc) is 2.91. The van der Waals surface area contributed by atoms with E-state index in [-0.39, 0.29) is 24.3 Å². The molecule has 0 aromatic heterocycles. The summed E-state index contributed by atoms with van der Waals surface area (Å²) >= 11 is 12.6. The van der Waals surface area contributed by atoms with Gasteiger partial charge in [0.15, 0.2) is 0 Å². The highest BCUT2D eigenvalue weighted by atomic mass is 35.5. The Hall–Kier alpha value is -2.82. The highest BCUT2D eigenvalue weighted by molar-refractivity contribution is 6.31. The van der Waals surface area contributed by atoms with Crippen LogP contribution >= 0.6 is 23.2 Å². The molecule has 1 fully saturated rings. The first-order valence-corrected chi connectivity index (χ1v) is 13.9. The van der Waals surface area contributed by atoms with Crippen LogP contribution in [0.25, 0.3) is 0 Å². The van der Waals surface area contributed by atoms with E-state index in [1.807, 2.05) is 78.9 Å². The summed E-state index contributed by atoms with van der Waals surface area (Å²) in [5.74, 6) is -0.177. The maximum absolute atomic E-state index is 13.8. The quantitative estimate of drug-likeness (QED) is 0.302. The van der Waals surface area contributed by atoms with Gasteiger partial charge in [-0.3, -0.25) is 9.59 Å². The molecular formula is C31H34Cl2N2O2. The summed E-state index contributed by atoms with van der Waals surface area (Å²) in [6.45, 7) is 0.303. The maximum Gasteiger partial charge on any atom is 0.243 e. The molecule has 4 rings (SSSR count). The summed E-state index contributed by atoms with van der Waals surface area (Å²) in [5.41, 5.74) is 2.83. The van der Waals surface area contributed by atoms with Crippen LogP contribution < -0.4 is 5.32 Å². The topological polar surface area (TPSA) is 49.4 Å². The van der Waals surface area contributed by atoms with E-state index in [4.69, 9.17) is 23.2 Å². The summed E-state index contributed by atoms with van der Waals surface area (Å²) in [5, 5.41) is 4.52. The molecule has 1 saturated carbocycles. The van der Waals surface area contributed by atoms with E-state index in [1.54, 1.807) is 4.90 Å². The number of carbonyl (C=O) groups is 2. The molecule has 0 heterocycles. The van der Waals surface area contributed by atoms with Crippen LogP contribution in [0.5, 0.6) is 0 Å². The van der Waals surface area contributed by atoms with Gasteiger partial charge in [-0.2, -0.15) is 0 Å². The molecule has 37 heavy (non-hydrogen) atoms. The molecule has 1 aliphatic rings. The van der Waals surface area contributed by atoms with Crippen LogP contribution in [-0.4, -0.2) is 28.8 Å². The van der Waals surface area contributed by atoms with Gasteiger partial charge in [-0.05, 0) is 54.2 Å². The Morgan fingerprint density at radius 2 is 1.57 bits per heavy atom. The van der Waals surface area contributed by atoms with Crippen LogP contribution in [0, 0.1) is 0 Å². The molecule has 0 bridgehead atoms. The molecular weight excluding hydrogens is 503 g/mol. The zero-order chi connectivity index (χ0) is 26.0. The lowest BCUT2D eigenvalue weighted by Gasteiger charge is -2.33. The van der Waals surface area contributed by atoms with Crippen molar-refractivity contribution in [3.63, 3.8) is 0 Å². The summed E-state index contributed by atoms with van der Waals surface area (Å²) in [6.07, 6.45) is 6.63. The Bertz CT molecular complexity index is 1180. The normalized spacial score (nSPS) is 14.6. The molecule has 0 saturated heterocycles. The molecule has 0 radical (unpaired) electrons. The highest BCUT2D eigenvalue weighted by Gasteiger charge is 2.31. The minimum Gasteiger partial charge on any atom is -0.352 e. The van der Waals surface area contributed by atoms with Crippen molar-refractivity contribution < 1.29 is 9.59 Å². The lowest BCUT2D eigenvalue weighted by Crippen LogP contribution is -2.52. The number of hydrogen-bond donors (Lipinski definition) is 1. The standard InChI is InChI=1S/C31H34Cl2N2O2/c32-26-14-9-12-24(20-26)22-35(30(36)19-18-25-13-7-8-17-28(25)33)29(21-23-10-3-1-4-11-23)31(37)34-27-15-5-2-6-16-27/h1,3-4,7-14,17,20,27,29H,2,5-6,15-16,18-19,21-22H2,(H,34,37)/t29-/m1/s1. The molecule has 0 aliphatic heterocycles. The Balaban J connectivity index is 1.62. The van der Waals surface area contributed by atoms with Gasteiger partial charge in [0.05, 0.1) is 0 Å². The largest absolute Gasteiger partial charge is 0.352 e. The lowest BCUT2D eigenvalue weighted by molar-refractivity contribution is -0.141. The van der Waals surface area contributed by atoms with Crippen molar-refractivity contribution in [2.45, 2.75) is 70.0 Å². The van der Waals surface area contributed by atoms with Crippen LogP contribution in [-0.2, 0) is 29.0 Å². The molecule has 3 aromatic rings. The second kappa shape index (κ2) is 13.6. The molecule has 1 atom stereocenters. The van der Waals surface area contributed by atoms with E-state index in [2.05, 4.69) is 5.32 Å². The summed E-state index contributed by atoms with van der Waals surface area (Å²) < 4.78 is 0. The van der Waals surface area contributed by atoms with Crippen molar-refractivity contribution in [1.29, 1.82) is 0 Å². The number of rotatable bonds is 10. The predicted octanol–water partition coefficient (Wildman–Crippen LogP) is 7.02. The maximum atomic E-state index is 13.8. The third-order valence-corrected chi connectivity index (χ3v) is 7.63. The van der Waals surface area contributed by atoms with E-state index in [1.165, 1.54) is 6.42 Å². The van der Waals surface area contributed by atoms with E-state index >= 15 is 0 Å². The number of benzene rings is 3. The molecule has 6 heteroatoms. The number of hydrogen-bond acceptors (Lipinski definition) is 2. The number of halogens is 2. The first-order valence-electron chi connectivity index (χ1n) is 13.1. The monoisotopic (exact) mass is 536 g/mol. The number of nitrogens with zero attached hydrogens (tertiary/aromatic N) is 1. The second-order valence-electron chi connectivity index (χ2n) is 9.79. The van der Waals surface area contributed by atoms with Crippen LogP contribution in [0.4, 0.5) is 0 Å². The van der Waals surface area contributed by atoms with Gasteiger partial charge in [0.25, 0.3) is 0 Å². The van der Waals surface area contributed by atoms with Crippen molar-refractivity contribution in [3.8, 4) is 0 Å². The predicted molar refractivity (Wildman–Crippen MR) is 151 cm³/mol. The minimum atomic E-state index is -0.637. The van der Waals surface area contributed by atoms with Crippen LogP contribution in [0.3, 0.4) is 0 Å². The van der Waals surface area contributed by atoms with Gasteiger partial charge in [0, 0.05) is 35.5 Å². The zero-order valence-electron chi connectivity index (χ0n) is 21.0. The van der Waals surface area contributed by atoms with Gasteiger partial charge in [-0.15, -0.1) is 0 Å². The van der Waals surface area contributed by atoms with Crippen molar-refractivity contribution >= 4 is 35.0 Å². The van der Waals surface area contributed by atoms with Gasteiger partial charge >= 0.3 is 0 Å². The number of amides is 2. The summed E-state index contributed by atoms with van der Waals surface area (Å²) in [4.78, 5) is 29.3. The molecule has 2 amide bonds. The van der Waals surface area contributed by atoms with Crippen LogP contribution in [0.15, 0.2) is 78.9 Å². The van der Waals surface area contributed by atoms with Gasteiger partial charge in [-0.25, -0.2) is 0 Å². The molecule has 4 nitrogen and oxygen atoms in total. The smallest absolute Gasteiger partial charge is 0.243 e. The van der Waals surface area contributed by atoms with Crippen molar-refractivity contribution in [1.82, 2.24) is 10.2 Å². The fourth-order valence-electron chi connectivity index (χ4n) is 5.02. The Morgan fingerprint density at radius 1 is 0.865 bits per heavy atom. The van der Waals surface area contributed by atoms with Crippen LogP contribution in [0.2, 0.25) is 10.0 Å². The first kappa shape index (κ1) is 27.2. The number of nitrogens with one attached hydrogen (secondary N) is 1. The SMILES string of the molecule is O=C(NC1CCCCC1)[C@@H](Cc1ccccc1)N(Cc1cccc(Cl)c1)C(=O)CCc1ccccc1Cl.